The molecule has 0 aromatic heterocycles. The van der Waals surface area contributed by atoms with Crippen LogP contribution in [-0.4, -0.2) is 78.6 Å². The first-order chi connectivity index (χ1) is 10.0. The first-order valence-electron chi connectivity index (χ1n) is 7.88. The second-order valence-corrected chi connectivity index (χ2v) is 6.41. The van der Waals surface area contributed by atoms with Crippen molar-refractivity contribution >= 4 is 11.9 Å². The molecular formula is C15H27N3O3. The van der Waals surface area contributed by atoms with Crippen LogP contribution in [0.1, 0.15) is 25.7 Å². The molecule has 6 nitrogen and oxygen atoms in total. The molecule has 0 radical (unpaired) electrons. The van der Waals surface area contributed by atoms with E-state index in [1.807, 2.05) is 9.80 Å². The highest BCUT2D eigenvalue weighted by molar-refractivity contribution is 5.80. The number of nitrogens with zero attached hydrogens (tertiary/aromatic N) is 3. The lowest BCUT2D eigenvalue weighted by atomic mass is 9.92. The Hall–Kier alpha value is -1.30. The minimum atomic E-state index is 0.0271. The van der Waals surface area contributed by atoms with Crippen molar-refractivity contribution in [2.75, 3.05) is 46.9 Å². The number of hydrogen-bond donors (Lipinski definition) is 1. The van der Waals surface area contributed by atoms with E-state index < -0.39 is 0 Å². The number of rotatable bonds is 2. The van der Waals surface area contributed by atoms with E-state index in [0.29, 0.717) is 19.6 Å². The maximum Gasteiger partial charge on any atom is 0.319 e. The predicted molar refractivity (Wildman–Crippen MR) is 79.8 cm³/mol. The van der Waals surface area contributed by atoms with Crippen LogP contribution in [-0.2, 0) is 4.79 Å². The van der Waals surface area contributed by atoms with Gasteiger partial charge in [0.2, 0.25) is 5.91 Å². The van der Waals surface area contributed by atoms with Gasteiger partial charge < -0.3 is 19.8 Å². The van der Waals surface area contributed by atoms with E-state index in [4.69, 9.17) is 0 Å². The molecule has 6 heteroatoms. The van der Waals surface area contributed by atoms with Crippen LogP contribution in [0.25, 0.3) is 0 Å². The van der Waals surface area contributed by atoms with Crippen LogP contribution in [0.2, 0.25) is 0 Å². The molecule has 0 aromatic carbocycles. The lowest BCUT2D eigenvalue weighted by molar-refractivity contribution is -0.139. The summed E-state index contributed by atoms with van der Waals surface area (Å²) in [4.78, 5) is 29.8. The second kappa shape index (κ2) is 7.11. The normalized spacial score (nSPS) is 24.0. The van der Waals surface area contributed by atoms with Crippen molar-refractivity contribution in [1.29, 1.82) is 0 Å². The fourth-order valence-electron chi connectivity index (χ4n) is 3.27. The van der Waals surface area contributed by atoms with Crippen molar-refractivity contribution in [1.82, 2.24) is 14.7 Å². The van der Waals surface area contributed by atoms with Crippen molar-refractivity contribution in [3.05, 3.63) is 0 Å². The van der Waals surface area contributed by atoms with Gasteiger partial charge in [0.25, 0.3) is 0 Å². The van der Waals surface area contributed by atoms with E-state index in [0.717, 1.165) is 32.2 Å². The average molecular weight is 297 g/mol. The largest absolute Gasteiger partial charge is 0.396 e. The van der Waals surface area contributed by atoms with Crippen LogP contribution in [0.5, 0.6) is 0 Å². The topological polar surface area (TPSA) is 64.1 Å². The summed E-state index contributed by atoms with van der Waals surface area (Å²) in [5, 5.41) is 9.26. The van der Waals surface area contributed by atoms with Crippen molar-refractivity contribution in [3.63, 3.8) is 0 Å². The number of piperidine rings is 2. The third-order valence-corrected chi connectivity index (χ3v) is 4.59. The molecular weight excluding hydrogens is 270 g/mol. The zero-order valence-electron chi connectivity index (χ0n) is 13.1. The molecule has 0 bridgehead atoms. The number of urea groups is 1. The van der Waals surface area contributed by atoms with Gasteiger partial charge in [0.1, 0.15) is 0 Å². The van der Waals surface area contributed by atoms with Gasteiger partial charge in [-0.2, -0.15) is 0 Å². The van der Waals surface area contributed by atoms with E-state index in [1.54, 1.807) is 19.0 Å². The molecule has 2 rings (SSSR count). The molecule has 2 aliphatic rings. The van der Waals surface area contributed by atoms with Crippen LogP contribution in [0.3, 0.4) is 0 Å². The molecule has 1 N–H and O–H groups in total. The monoisotopic (exact) mass is 297 g/mol. The second-order valence-electron chi connectivity index (χ2n) is 6.41. The number of carbonyl (C=O) groups excluding carboxylic acids is 2. The van der Waals surface area contributed by atoms with Crippen LogP contribution in [0, 0.1) is 11.8 Å². The molecule has 120 valence electrons. The average Bonchev–Trinajstić information content (AvgIpc) is 2.53. The number of aliphatic hydroxyl groups is 1. The fraction of sp³-hybridized carbons (Fsp3) is 0.867. The number of carbonyl (C=O) groups is 2. The van der Waals surface area contributed by atoms with E-state index in [9.17, 15) is 14.7 Å². The molecule has 0 aliphatic carbocycles. The Bertz CT molecular complexity index is 378. The Labute approximate surface area is 126 Å². The Morgan fingerprint density at radius 1 is 1.10 bits per heavy atom. The maximum atomic E-state index is 12.6. The Morgan fingerprint density at radius 2 is 1.76 bits per heavy atom. The van der Waals surface area contributed by atoms with Crippen LogP contribution < -0.4 is 0 Å². The highest BCUT2D eigenvalue weighted by atomic mass is 16.3. The number of hydrogen-bond acceptors (Lipinski definition) is 3. The molecule has 0 aromatic rings. The highest BCUT2D eigenvalue weighted by Gasteiger charge is 2.32. The standard InChI is InChI=1S/C15H27N3O3/c1-16(2)15(21)17-8-5-13(6-9-17)14(20)18-7-3-4-12(10-18)11-19/h12-13,19H,3-11H2,1-2H3. The van der Waals surface area contributed by atoms with E-state index in [1.165, 1.54) is 0 Å². The summed E-state index contributed by atoms with van der Waals surface area (Å²) < 4.78 is 0. The molecule has 2 heterocycles. The predicted octanol–water partition coefficient (Wildman–Crippen LogP) is 0.611. The fourth-order valence-corrected chi connectivity index (χ4v) is 3.27. The molecule has 3 amide bonds. The highest BCUT2D eigenvalue weighted by Crippen LogP contribution is 2.24. The Kier molecular flexibility index (Phi) is 5.45. The van der Waals surface area contributed by atoms with Crippen LogP contribution in [0.15, 0.2) is 0 Å². The summed E-state index contributed by atoms with van der Waals surface area (Å²) in [6.45, 7) is 2.98. The lowest BCUT2D eigenvalue weighted by Gasteiger charge is -2.38. The summed E-state index contributed by atoms with van der Waals surface area (Å²) >= 11 is 0. The van der Waals surface area contributed by atoms with Gasteiger partial charge >= 0.3 is 6.03 Å². The maximum absolute atomic E-state index is 12.6. The molecule has 1 unspecified atom stereocenters. The van der Waals surface area contributed by atoms with Gasteiger partial charge in [-0.15, -0.1) is 0 Å². The molecule has 2 fully saturated rings. The molecule has 0 spiro atoms. The van der Waals surface area contributed by atoms with Gasteiger partial charge in [-0.1, -0.05) is 0 Å². The molecule has 0 saturated carbocycles. The van der Waals surface area contributed by atoms with Crippen molar-refractivity contribution in [2.24, 2.45) is 11.8 Å². The molecule has 2 saturated heterocycles. The van der Waals surface area contributed by atoms with E-state index >= 15 is 0 Å². The van der Waals surface area contributed by atoms with Gasteiger partial charge in [-0.05, 0) is 31.6 Å². The number of aliphatic hydroxyl groups excluding tert-OH is 1. The van der Waals surface area contributed by atoms with Gasteiger partial charge in [-0.25, -0.2) is 4.79 Å². The molecule has 1 atom stereocenters. The zero-order chi connectivity index (χ0) is 15.4. The van der Waals surface area contributed by atoms with Gasteiger partial charge in [0, 0.05) is 52.8 Å². The minimum absolute atomic E-state index is 0.0271. The summed E-state index contributed by atoms with van der Waals surface area (Å²) in [7, 11) is 3.50. The smallest absolute Gasteiger partial charge is 0.319 e. The third-order valence-electron chi connectivity index (χ3n) is 4.59. The molecule has 21 heavy (non-hydrogen) atoms. The summed E-state index contributed by atoms with van der Waals surface area (Å²) in [6.07, 6.45) is 3.49. The quantitative estimate of drug-likeness (QED) is 0.812. The SMILES string of the molecule is CN(C)C(=O)N1CCC(C(=O)N2CCCC(CO)C2)CC1. The van der Waals surface area contributed by atoms with Crippen LogP contribution in [0.4, 0.5) is 4.79 Å². The van der Waals surface area contributed by atoms with Crippen molar-refractivity contribution in [3.8, 4) is 0 Å². The summed E-state index contributed by atoms with van der Waals surface area (Å²) in [5.41, 5.74) is 0. The van der Waals surface area contributed by atoms with Crippen molar-refractivity contribution < 1.29 is 14.7 Å². The van der Waals surface area contributed by atoms with Gasteiger partial charge in [-0.3, -0.25) is 4.79 Å². The summed E-state index contributed by atoms with van der Waals surface area (Å²) in [5.74, 6) is 0.483. The third kappa shape index (κ3) is 3.87. The number of likely N-dealkylation sites (tertiary alicyclic amines) is 2. The summed E-state index contributed by atoms with van der Waals surface area (Å²) in [6, 6.07) is 0.0271. The molecule has 2 aliphatic heterocycles. The first-order valence-corrected chi connectivity index (χ1v) is 7.88. The van der Waals surface area contributed by atoms with Crippen LogP contribution >= 0.6 is 0 Å². The van der Waals surface area contributed by atoms with Gasteiger partial charge in [0.05, 0.1) is 0 Å². The van der Waals surface area contributed by atoms with Gasteiger partial charge in [0.15, 0.2) is 0 Å². The zero-order valence-corrected chi connectivity index (χ0v) is 13.1. The first kappa shape index (κ1) is 16.1. The van der Waals surface area contributed by atoms with E-state index in [-0.39, 0.29) is 30.4 Å². The number of amides is 3. The Balaban J connectivity index is 1.84. The Morgan fingerprint density at radius 3 is 2.33 bits per heavy atom. The lowest BCUT2D eigenvalue weighted by Crippen LogP contribution is -2.49. The van der Waals surface area contributed by atoms with E-state index in [2.05, 4.69) is 0 Å². The van der Waals surface area contributed by atoms with Crippen molar-refractivity contribution in [2.45, 2.75) is 25.7 Å². The minimum Gasteiger partial charge on any atom is -0.396 e.